The fourth-order valence-electron chi connectivity index (χ4n) is 3.08. The van der Waals surface area contributed by atoms with E-state index in [0.717, 1.165) is 18.5 Å². The molecule has 4 aromatic rings. The van der Waals surface area contributed by atoms with E-state index in [9.17, 15) is 9.18 Å². The lowest BCUT2D eigenvalue weighted by Gasteiger charge is -2.08. The average Bonchev–Trinajstić information content (AvgIpc) is 3.13. The molecule has 28 heavy (non-hydrogen) atoms. The van der Waals surface area contributed by atoms with E-state index in [1.54, 1.807) is 30.5 Å². The van der Waals surface area contributed by atoms with Gasteiger partial charge in [-0.3, -0.25) is 4.79 Å². The fourth-order valence-corrected chi connectivity index (χ4v) is 3.08. The molecule has 2 aromatic carbocycles. The summed E-state index contributed by atoms with van der Waals surface area (Å²) in [6, 6.07) is 17.6. The second kappa shape index (κ2) is 7.92. The predicted octanol–water partition coefficient (Wildman–Crippen LogP) is 4.61. The molecule has 0 aliphatic heterocycles. The number of H-pyrrole nitrogens is 1. The maximum atomic E-state index is 13.7. The second-order valence-corrected chi connectivity index (χ2v) is 6.40. The first-order valence-corrected chi connectivity index (χ1v) is 9.01. The minimum atomic E-state index is -0.552. The van der Waals surface area contributed by atoms with Crippen molar-refractivity contribution in [3.63, 3.8) is 0 Å². The Morgan fingerprint density at radius 3 is 2.68 bits per heavy atom. The number of aromatic nitrogens is 2. The molecule has 4 rings (SSSR count). The molecule has 6 heteroatoms. The Morgan fingerprint density at radius 2 is 1.86 bits per heavy atom. The van der Waals surface area contributed by atoms with Crippen LogP contribution in [0.25, 0.3) is 10.9 Å². The van der Waals surface area contributed by atoms with Crippen molar-refractivity contribution < 1.29 is 9.18 Å². The van der Waals surface area contributed by atoms with Crippen LogP contribution in [-0.2, 0) is 6.42 Å². The van der Waals surface area contributed by atoms with E-state index in [2.05, 4.69) is 32.7 Å². The van der Waals surface area contributed by atoms with Crippen molar-refractivity contribution in [3.8, 4) is 0 Å². The molecule has 140 valence electrons. The number of fused-ring (bicyclic) bond motifs is 1. The highest BCUT2D eigenvalue weighted by Gasteiger charge is 2.11. The van der Waals surface area contributed by atoms with Crippen LogP contribution in [0, 0.1) is 5.82 Å². The molecule has 0 fully saturated rings. The van der Waals surface area contributed by atoms with Gasteiger partial charge in [0.25, 0.3) is 5.91 Å². The first-order valence-electron chi connectivity index (χ1n) is 9.01. The molecule has 1 amide bonds. The standard InChI is InChI=1S/C22H19FN4O/c23-19-7-3-1-6-18(19)22(28)27-16-9-10-21(26-14-16)24-12-11-15-13-25-20-8-4-2-5-17(15)20/h1-10,13-14,25H,11-12H2,(H,24,26)(H,27,28). The average molecular weight is 374 g/mol. The number of benzene rings is 2. The van der Waals surface area contributed by atoms with E-state index in [0.29, 0.717) is 11.5 Å². The number of rotatable bonds is 6. The van der Waals surface area contributed by atoms with Gasteiger partial charge >= 0.3 is 0 Å². The van der Waals surface area contributed by atoms with Gasteiger partial charge in [-0.2, -0.15) is 0 Å². The van der Waals surface area contributed by atoms with E-state index >= 15 is 0 Å². The summed E-state index contributed by atoms with van der Waals surface area (Å²) >= 11 is 0. The number of nitrogens with zero attached hydrogens (tertiary/aromatic N) is 1. The normalized spacial score (nSPS) is 10.8. The zero-order valence-corrected chi connectivity index (χ0v) is 15.1. The summed E-state index contributed by atoms with van der Waals surface area (Å²) < 4.78 is 13.7. The number of hydrogen-bond donors (Lipinski definition) is 3. The lowest BCUT2D eigenvalue weighted by Crippen LogP contribution is -2.14. The van der Waals surface area contributed by atoms with Crippen LogP contribution in [0.15, 0.2) is 73.1 Å². The summed E-state index contributed by atoms with van der Waals surface area (Å²) in [5.41, 5.74) is 2.89. The lowest BCUT2D eigenvalue weighted by atomic mass is 10.1. The molecule has 2 aromatic heterocycles. The molecule has 0 atom stereocenters. The lowest BCUT2D eigenvalue weighted by molar-refractivity contribution is 0.102. The van der Waals surface area contributed by atoms with Crippen molar-refractivity contribution in [2.45, 2.75) is 6.42 Å². The highest BCUT2D eigenvalue weighted by Crippen LogP contribution is 2.18. The molecular weight excluding hydrogens is 355 g/mol. The molecule has 0 aliphatic carbocycles. The summed E-state index contributed by atoms with van der Waals surface area (Å²) in [4.78, 5) is 19.7. The van der Waals surface area contributed by atoms with Crippen molar-refractivity contribution in [1.29, 1.82) is 0 Å². The number of carbonyl (C=O) groups excluding carboxylic acids is 1. The van der Waals surface area contributed by atoms with Crippen LogP contribution < -0.4 is 10.6 Å². The molecule has 0 spiro atoms. The largest absolute Gasteiger partial charge is 0.370 e. The number of para-hydroxylation sites is 1. The van der Waals surface area contributed by atoms with Crippen LogP contribution in [0.4, 0.5) is 15.9 Å². The zero-order valence-electron chi connectivity index (χ0n) is 15.1. The summed E-state index contributed by atoms with van der Waals surface area (Å²) in [6.45, 7) is 0.732. The SMILES string of the molecule is O=C(Nc1ccc(NCCc2c[nH]c3ccccc23)nc1)c1ccccc1F. The van der Waals surface area contributed by atoms with Crippen LogP contribution in [-0.4, -0.2) is 22.4 Å². The third-order valence-corrected chi connectivity index (χ3v) is 4.52. The Bertz CT molecular complexity index is 1100. The van der Waals surface area contributed by atoms with Gasteiger partial charge in [-0.25, -0.2) is 9.37 Å². The molecule has 5 nitrogen and oxygen atoms in total. The van der Waals surface area contributed by atoms with Gasteiger partial charge < -0.3 is 15.6 Å². The van der Waals surface area contributed by atoms with Gasteiger partial charge in [0.05, 0.1) is 17.4 Å². The highest BCUT2D eigenvalue weighted by molar-refractivity contribution is 6.04. The Labute approximate surface area is 161 Å². The maximum Gasteiger partial charge on any atom is 0.258 e. The first kappa shape index (κ1) is 17.7. The maximum absolute atomic E-state index is 13.7. The number of carbonyl (C=O) groups is 1. The topological polar surface area (TPSA) is 69.8 Å². The highest BCUT2D eigenvalue weighted by atomic mass is 19.1. The van der Waals surface area contributed by atoms with Crippen LogP contribution >= 0.6 is 0 Å². The molecule has 3 N–H and O–H groups in total. The number of anilines is 2. The Morgan fingerprint density at radius 1 is 1.04 bits per heavy atom. The van der Waals surface area contributed by atoms with E-state index in [-0.39, 0.29) is 5.56 Å². The Kier molecular flexibility index (Phi) is 5.01. The van der Waals surface area contributed by atoms with Gasteiger partial charge in [-0.1, -0.05) is 30.3 Å². The van der Waals surface area contributed by atoms with Gasteiger partial charge in [0.1, 0.15) is 11.6 Å². The van der Waals surface area contributed by atoms with E-state index in [4.69, 9.17) is 0 Å². The van der Waals surface area contributed by atoms with Gasteiger partial charge in [0.15, 0.2) is 0 Å². The minimum absolute atomic E-state index is 0.00318. The quantitative estimate of drug-likeness (QED) is 0.462. The number of amides is 1. The molecule has 0 radical (unpaired) electrons. The monoisotopic (exact) mass is 374 g/mol. The van der Waals surface area contributed by atoms with Crippen LogP contribution in [0.2, 0.25) is 0 Å². The van der Waals surface area contributed by atoms with Gasteiger partial charge in [0.2, 0.25) is 0 Å². The Hall–Kier alpha value is -3.67. The Balaban J connectivity index is 1.33. The summed E-state index contributed by atoms with van der Waals surface area (Å²) in [6.07, 6.45) is 4.44. The predicted molar refractivity (Wildman–Crippen MR) is 109 cm³/mol. The van der Waals surface area contributed by atoms with Crippen molar-refractivity contribution in [2.24, 2.45) is 0 Å². The fraction of sp³-hybridized carbons (Fsp3) is 0.0909. The molecule has 0 saturated carbocycles. The van der Waals surface area contributed by atoms with E-state index in [1.807, 2.05) is 18.3 Å². The van der Waals surface area contributed by atoms with Crippen molar-refractivity contribution in [1.82, 2.24) is 9.97 Å². The summed E-state index contributed by atoms with van der Waals surface area (Å²) in [7, 11) is 0. The van der Waals surface area contributed by atoms with Crippen LogP contribution in [0.5, 0.6) is 0 Å². The third-order valence-electron chi connectivity index (χ3n) is 4.52. The zero-order chi connectivity index (χ0) is 19.3. The van der Waals surface area contributed by atoms with Crippen LogP contribution in [0.3, 0.4) is 0 Å². The number of halogens is 1. The molecule has 2 heterocycles. The minimum Gasteiger partial charge on any atom is -0.370 e. The second-order valence-electron chi connectivity index (χ2n) is 6.40. The summed E-state index contributed by atoms with van der Waals surface area (Å²) in [5.74, 6) is -0.341. The molecule has 0 bridgehead atoms. The number of aromatic amines is 1. The smallest absolute Gasteiger partial charge is 0.258 e. The van der Waals surface area contributed by atoms with Crippen molar-refractivity contribution in [2.75, 3.05) is 17.2 Å². The number of nitrogens with one attached hydrogen (secondary N) is 3. The van der Waals surface area contributed by atoms with Gasteiger partial charge in [0, 0.05) is 23.6 Å². The molecule has 0 aliphatic rings. The van der Waals surface area contributed by atoms with Gasteiger partial charge in [-0.15, -0.1) is 0 Å². The summed E-state index contributed by atoms with van der Waals surface area (Å²) in [5, 5.41) is 7.15. The number of pyridine rings is 1. The molecule has 0 saturated heterocycles. The van der Waals surface area contributed by atoms with Crippen molar-refractivity contribution in [3.05, 3.63) is 90.0 Å². The van der Waals surface area contributed by atoms with Gasteiger partial charge in [-0.05, 0) is 42.3 Å². The van der Waals surface area contributed by atoms with Crippen LogP contribution in [0.1, 0.15) is 15.9 Å². The first-order chi connectivity index (χ1) is 13.7. The molecule has 0 unspecified atom stereocenters. The number of hydrogen-bond acceptors (Lipinski definition) is 3. The van der Waals surface area contributed by atoms with E-state index < -0.39 is 11.7 Å². The molecular formula is C22H19FN4O. The third kappa shape index (κ3) is 3.86. The van der Waals surface area contributed by atoms with E-state index in [1.165, 1.54) is 23.1 Å². The van der Waals surface area contributed by atoms with Crippen molar-refractivity contribution >= 4 is 28.3 Å².